The van der Waals surface area contributed by atoms with Gasteiger partial charge in [-0.15, -0.1) is 0 Å². The SMILES string of the molecule is c1ccc(-c2nc(-c3ccccc3)nc(-c3ccc(C45C6C7C4C4C5C6C74c4ccc5c(c4)c4ccccc4n5-c4ccccc4)cc3)n2)cc1. The number of rotatable bonds is 6. The van der Waals surface area contributed by atoms with E-state index in [2.05, 4.69) is 126 Å². The zero-order valence-corrected chi connectivity index (χ0v) is 27.8. The molecule has 240 valence electrons. The normalized spacial score (nSPS) is 29.7. The molecule has 51 heavy (non-hydrogen) atoms. The lowest BCUT2D eigenvalue weighted by Gasteiger charge is -3.12. The highest BCUT2D eigenvalue weighted by Gasteiger charge is 3.09. The summed E-state index contributed by atoms with van der Waals surface area (Å²) in [6, 6.07) is 57.0. The van der Waals surface area contributed by atoms with E-state index < -0.39 is 0 Å². The van der Waals surface area contributed by atoms with Gasteiger partial charge in [-0.1, -0.05) is 127 Å². The third kappa shape index (κ3) is 2.91. The largest absolute Gasteiger partial charge is 0.309 e. The Bertz CT molecular complexity index is 2620. The maximum atomic E-state index is 4.98. The molecule has 6 aromatic carbocycles. The second kappa shape index (κ2) is 9.07. The minimum Gasteiger partial charge on any atom is -0.309 e. The van der Waals surface area contributed by atoms with E-state index in [-0.39, 0.29) is 0 Å². The first-order valence-electron chi connectivity index (χ1n) is 18.4. The minimum absolute atomic E-state index is 0.414. The van der Waals surface area contributed by atoms with Crippen molar-refractivity contribution in [2.75, 3.05) is 0 Å². The number of nitrogens with zero attached hydrogens (tertiary/aromatic N) is 4. The Labute approximate surface area is 295 Å². The van der Waals surface area contributed by atoms with Gasteiger partial charge in [-0.05, 0) is 77.0 Å². The Morgan fingerprint density at radius 2 is 0.804 bits per heavy atom. The van der Waals surface area contributed by atoms with Crippen LogP contribution in [0.3, 0.4) is 0 Å². The summed E-state index contributed by atoms with van der Waals surface area (Å²) in [5.74, 6) is 7.22. The van der Waals surface area contributed by atoms with E-state index in [0.29, 0.717) is 22.5 Å². The summed E-state index contributed by atoms with van der Waals surface area (Å²) >= 11 is 0. The van der Waals surface area contributed by atoms with Gasteiger partial charge in [0.25, 0.3) is 0 Å². The second-order valence-corrected chi connectivity index (χ2v) is 15.6. The fraction of sp³-hybridized carbons (Fsp3) is 0.170. The van der Waals surface area contributed by atoms with E-state index in [0.717, 1.165) is 58.0 Å². The lowest BCUT2D eigenvalue weighted by Crippen LogP contribution is -3.12. The van der Waals surface area contributed by atoms with Gasteiger partial charge < -0.3 is 4.57 Å². The molecule has 4 nitrogen and oxygen atoms in total. The van der Waals surface area contributed by atoms with Gasteiger partial charge in [0.1, 0.15) is 0 Å². The molecule has 0 saturated heterocycles. The number of aromatic nitrogens is 4. The first-order valence-corrected chi connectivity index (χ1v) is 18.4. The number of para-hydroxylation sites is 2. The summed E-state index contributed by atoms with van der Waals surface area (Å²) < 4.78 is 2.44. The molecule has 0 radical (unpaired) electrons. The van der Waals surface area contributed by atoms with Crippen molar-refractivity contribution in [3.05, 3.63) is 169 Å². The predicted molar refractivity (Wildman–Crippen MR) is 201 cm³/mol. The van der Waals surface area contributed by atoms with Crippen molar-refractivity contribution in [1.82, 2.24) is 19.5 Å². The average molecular weight is 653 g/mol. The van der Waals surface area contributed by atoms with Crippen molar-refractivity contribution in [3.63, 3.8) is 0 Å². The Kier molecular flexibility index (Phi) is 4.79. The van der Waals surface area contributed by atoms with Crippen LogP contribution in [0.4, 0.5) is 0 Å². The molecule has 0 amide bonds. The molecular weight excluding hydrogens is 621 g/mol. The van der Waals surface area contributed by atoms with Crippen molar-refractivity contribution >= 4 is 21.8 Å². The molecule has 0 N–H and O–H groups in total. The van der Waals surface area contributed by atoms with Crippen LogP contribution in [0.2, 0.25) is 0 Å². The van der Waals surface area contributed by atoms with Gasteiger partial charge in [-0.2, -0.15) is 0 Å². The lowest BCUT2D eigenvalue weighted by atomic mass is 8.91. The molecule has 6 saturated carbocycles. The van der Waals surface area contributed by atoms with Crippen LogP contribution in [0.25, 0.3) is 61.7 Å². The number of hydrogen-bond acceptors (Lipinski definition) is 3. The third-order valence-corrected chi connectivity index (χ3v) is 14.2. The van der Waals surface area contributed by atoms with Crippen LogP contribution >= 0.6 is 0 Å². The Hall–Kier alpha value is -5.87. The van der Waals surface area contributed by atoms with Crippen molar-refractivity contribution in [1.29, 1.82) is 0 Å². The quantitative estimate of drug-likeness (QED) is 0.180. The van der Waals surface area contributed by atoms with E-state index in [1.807, 2.05) is 36.4 Å². The number of benzene rings is 6. The molecule has 2 aromatic heterocycles. The zero-order valence-electron chi connectivity index (χ0n) is 27.8. The van der Waals surface area contributed by atoms with Gasteiger partial charge in [0.2, 0.25) is 0 Å². The van der Waals surface area contributed by atoms with Crippen molar-refractivity contribution < 1.29 is 0 Å². The highest BCUT2D eigenvalue weighted by molar-refractivity contribution is 6.09. The summed E-state index contributed by atoms with van der Waals surface area (Å²) in [4.78, 5) is 14.8. The Balaban J connectivity index is 0.830. The van der Waals surface area contributed by atoms with E-state index in [1.165, 1.54) is 27.5 Å². The summed E-state index contributed by atoms with van der Waals surface area (Å²) in [5.41, 5.74) is 10.9. The molecule has 6 fully saturated rings. The summed E-state index contributed by atoms with van der Waals surface area (Å²) in [7, 11) is 0. The smallest absolute Gasteiger partial charge is 0.164 e. The maximum Gasteiger partial charge on any atom is 0.164 e. The van der Waals surface area contributed by atoms with Crippen LogP contribution in [-0.4, -0.2) is 19.5 Å². The molecule has 0 atom stereocenters. The van der Waals surface area contributed by atoms with Crippen LogP contribution in [0.5, 0.6) is 0 Å². The zero-order chi connectivity index (χ0) is 33.1. The molecule has 6 aliphatic carbocycles. The van der Waals surface area contributed by atoms with E-state index >= 15 is 0 Å². The topological polar surface area (TPSA) is 43.6 Å². The van der Waals surface area contributed by atoms with Gasteiger partial charge >= 0.3 is 0 Å². The average Bonchev–Trinajstić information content (AvgIpc) is 3.55. The van der Waals surface area contributed by atoms with Crippen LogP contribution in [0.1, 0.15) is 11.1 Å². The number of hydrogen-bond donors (Lipinski definition) is 0. The van der Waals surface area contributed by atoms with Gasteiger partial charge in [-0.25, -0.2) is 15.0 Å². The standard InChI is InChI=1S/C47H32N4/c1-4-12-27(13-5-1)43-48-44(28-14-6-2-7-15-28)50-45(49-43)29-20-22-30(23-21-29)46-37-40-38(46)42-39(46)41(37)47(40,42)31-24-25-36-34(26-31)33-18-10-11-19-35(33)51(36)32-16-8-3-9-17-32/h1-26,37-42H. The highest BCUT2D eigenvalue weighted by Crippen LogP contribution is 3.09. The van der Waals surface area contributed by atoms with Gasteiger partial charge in [0.15, 0.2) is 17.5 Å². The fourth-order valence-electron chi connectivity index (χ4n) is 12.6. The third-order valence-electron chi connectivity index (χ3n) is 14.2. The fourth-order valence-corrected chi connectivity index (χ4v) is 12.6. The van der Waals surface area contributed by atoms with Crippen molar-refractivity contribution in [3.8, 4) is 39.9 Å². The van der Waals surface area contributed by atoms with E-state index in [4.69, 9.17) is 15.0 Å². The second-order valence-electron chi connectivity index (χ2n) is 15.6. The van der Waals surface area contributed by atoms with Crippen molar-refractivity contribution in [2.45, 2.75) is 10.8 Å². The molecular formula is C47H32N4. The lowest BCUT2D eigenvalue weighted by molar-refractivity contribution is -0.596. The van der Waals surface area contributed by atoms with Gasteiger partial charge in [-0.3, -0.25) is 0 Å². The monoisotopic (exact) mass is 652 g/mol. The van der Waals surface area contributed by atoms with Crippen LogP contribution < -0.4 is 0 Å². The molecule has 2 heterocycles. The molecule has 8 aromatic rings. The Morgan fingerprint density at radius 3 is 1.37 bits per heavy atom. The van der Waals surface area contributed by atoms with Crippen LogP contribution in [0, 0.1) is 35.5 Å². The Morgan fingerprint density at radius 1 is 0.373 bits per heavy atom. The maximum absolute atomic E-state index is 4.98. The first-order chi connectivity index (χ1) is 25.3. The summed E-state index contributed by atoms with van der Waals surface area (Å²) in [6.45, 7) is 0. The van der Waals surface area contributed by atoms with Gasteiger partial charge in [0, 0.05) is 44.0 Å². The first kappa shape index (κ1) is 26.9. The summed E-state index contributed by atoms with van der Waals surface area (Å²) in [6.07, 6.45) is 0. The van der Waals surface area contributed by atoms with Crippen molar-refractivity contribution in [2.24, 2.45) is 35.5 Å². The van der Waals surface area contributed by atoms with E-state index in [9.17, 15) is 0 Å². The molecule has 0 bridgehead atoms. The predicted octanol–water partition coefficient (Wildman–Crippen LogP) is 9.91. The van der Waals surface area contributed by atoms with Crippen LogP contribution in [0.15, 0.2) is 158 Å². The minimum atomic E-state index is 0.414. The molecule has 0 spiro atoms. The molecule has 14 rings (SSSR count). The van der Waals surface area contributed by atoms with E-state index in [1.54, 1.807) is 11.1 Å². The van der Waals surface area contributed by atoms with Gasteiger partial charge in [0.05, 0.1) is 11.0 Å². The summed E-state index contributed by atoms with van der Waals surface area (Å²) in [5, 5.41) is 2.76. The van der Waals surface area contributed by atoms with Crippen LogP contribution in [-0.2, 0) is 10.8 Å². The molecule has 0 aliphatic heterocycles. The number of fused-ring (bicyclic) bond motifs is 3. The molecule has 4 heteroatoms. The highest BCUT2D eigenvalue weighted by atomic mass is 15.1. The molecule has 0 unspecified atom stereocenters. The molecule has 6 aliphatic rings.